The maximum Gasteiger partial charge on any atom is 0.314 e. The topological polar surface area (TPSA) is 55.8 Å². The van der Waals surface area contributed by atoms with Gasteiger partial charge < -0.3 is 14.6 Å². The quantitative estimate of drug-likeness (QED) is 0.616. The van der Waals surface area contributed by atoms with Crippen molar-refractivity contribution in [1.29, 1.82) is 0 Å². The highest BCUT2D eigenvalue weighted by Crippen LogP contribution is 2.39. The van der Waals surface area contributed by atoms with Crippen LogP contribution in [0.2, 0.25) is 0 Å². The molecule has 2 aliphatic heterocycles. The smallest absolute Gasteiger partial charge is 0.314 e. The van der Waals surface area contributed by atoms with Crippen LogP contribution in [0, 0.1) is 5.41 Å². The van der Waals surface area contributed by atoms with Crippen LogP contribution in [0.3, 0.4) is 0 Å². The molecule has 2 aliphatic rings. The molecular weight excluding hydrogens is 160 g/mol. The van der Waals surface area contributed by atoms with Gasteiger partial charge in [-0.3, -0.25) is 4.79 Å². The lowest BCUT2D eigenvalue weighted by Crippen LogP contribution is -2.46. The molecule has 68 valence electrons. The van der Waals surface area contributed by atoms with Gasteiger partial charge in [-0.25, -0.2) is 0 Å². The van der Waals surface area contributed by atoms with Crippen LogP contribution in [-0.4, -0.2) is 37.0 Å². The molecule has 4 heteroatoms. The fourth-order valence-corrected chi connectivity index (χ4v) is 1.98. The number of carboxylic acids is 1. The van der Waals surface area contributed by atoms with Gasteiger partial charge in [0.05, 0.1) is 12.7 Å². The number of hydrogen-bond donors (Lipinski definition) is 1. The van der Waals surface area contributed by atoms with Crippen LogP contribution >= 0.6 is 0 Å². The van der Waals surface area contributed by atoms with Crippen molar-refractivity contribution >= 4 is 5.97 Å². The average Bonchev–Trinajstić information content (AvgIpc) is 2.48. The van der Waals surface area contributed by atoms with Gasteiger partial charge in [0, 0.05) is 13.2 Å². The van der Waals surface area contributed by atoms with E-state index in [0.717, 1.165) is 0 Å². The Kier molecular flexibility index (Phi) is 1.81. The first-order chi connectivity index (χ1) is 5.76. The largest absolute Gasteiger partial charge is 0.481 e. The first-order valence-electron chi connectivity index (χ1n) is 4.18. The summed E-state index contributed by atoms with van der Waals surface area (Å²) in [7, 11) is 0. The predicted octanol–water partition coefficient (Wildman–Crippen LogP) is 0.267. The van der Waals surface area contributed by atoms with Crippen LogP contribution < -0.4 is 0 Å². The fourth-order valence-electron chi connectivity index (χ4n) is 1.98. The first kappa shape index (κ1) is 8.01. The van der Waals surface area contributed by atoms with Gasteiger partial charge >= 0.3 is 5.97 Å². The lowest BCUT2D eigenvalue weighted by molar-refractivity contribution is -0.164. The van der Waals surface area contributed by atoms with E-state index in [0.29, 0.717) is 32.7 Å². The summed E-state index contributed by atoms with van der Waals surface area (Å²) >= 11 is 0. The highest BCUT2D eigenvalue weighted by molar-refractivity contribution is 5.76. The molecule has 12 heavy (non-hydrogen) atoms. The van der Waals surface area contributed by atoms with E-state index in [1.807, 2.05) is 0 Å². The monoisotopic (exact) mass is 172 g/mol. The number of rotatable bonds is 1. The lowest BCUT2D eigenvalue weighted by Gasteiger charge is -2.33. The molecule has 0 unspecified atom stereocenters. The second kappa shape index (κ2) is 2.71. The molecule has 0 aromatic heterocycles. The van der Waals surface area contributed by atoms with Gasteiger partial charge in [-0.2, -0.15) is 0 Å². The van der Waals surface area contributed by atoms with Crippen molar-refractivity contribution in [3.8, 4) is 0 Å². The molecule has 0 radical (unpaired) electrons. The molecule has 2 fully saturated rings. The Hall–Kier alpha value is -0.610. The van der Waals surface area contributed by atoms with Crippen molar-refractivity contribution in [3.63, 3.8) is 0 Å². The summed E-state index contributed by atoms with van der Waals surface area (Å²) in [5.74, 6) is -0.773. The second-order valence-electron chi connectivity index (χ2n) is 3.41. The lowest BCUT2D eigenvalue weighted by atomic mass is 9.79. The van der Waals surface area contributed by atoms with Gasteiger partial charge in [0.25, 0.3) is 0 Å². The molecule has 0 saturated carbocycles. The number of carboxylic acid groups (broad SMARTS) is 1. The highest BCUT2D eigenvalue weighted by Gasteiger charge is 2.52. The Morgan fingerprint density at radius 3 is 3.00 bits per heavy atom. The molecule has 0 aromatic rings. The third kappa shape index (κ3) is 0.949. The number of fused-ring (bicyclic) bond motifs is 1. The van der Waals surface area contributed by atoms with E-state index < -0.39 is 11.4 Å². The molecule has 2 rings (SSSR count). The van der Waals surface area contributed by atoms with E-state index in [1.165, 1.54) is 0 Å². The van der Waals surface area contributed by atoms with E-state index >= 15 is 0 Å². The van der Waals surface area contributed by atoms with E-state index in [-0.39, 0.29) is 6.10 Å². The summed E-state index contributed by atoms with van der Waals surface area (Å²) in [6, 6.07) is 0. The Labute approximate surface area is 70.5 Å². The van der Waals surface area contributed by atoms with Crippen molar-refractivity contribution in [1.82, 2.24) is 0 Å². The summed E-state index contributed by atoms with van der Waals surface area (Å²) in [5.41, 5.74) is -0.738. The summed E-state index contributed by atoms with van der Waals surface area (Å²) in [4.78, 5) is 11.0. The van der Waals surface area contributed by atoms with Gasteiger partial charge in [0.1, 0.15) is 5.41 Å². The van der Waals surface area contributed by atoms with Crippen LogP contribution in [0.5, 0.6) is 0 Å². The second-order valence-corrected chi connectivity index (χ2v) is 3.41. The molecule has 0 aliphatic carbocycles. The fraction of sp³-hybridized carbons (Fsp3) is 0.875. The molecule has 0 amide bonds. The van der Waals surface area contributed by atoms with Crippen molar-refractivity contribution in [2.24, 2.45) is 5.41 Å². The molecule has 4 nitrogen and oxygen atoms in total. The van der Waals surface area contributed by atoms with Gasteiger partial charge in [-0.1, -0.05) is 0 Å². The van der Waals surface area contributed by atoms with Crippen LogP contribution in [0.25, 0.3) is 0 Å². The molecule has 2 atom stereocenters. The van der Waals surface area contributed by atoms with Gasteiger partial charge in [0.15, 0.2) is 0 Å². The van der Waals surface area contributed by atoms with Gasteiger partial charge in [0.2, 0.25) is 0 Å². The van der Waals surface area contributed by atoms with Crippen molar-refractivity contribution in [2.45, 2.75) is 18.9 Å². The zero-order valence-electron chi connectivity index (χ0n) is 6.78. The van der Waals surface area contributed by atoms with E-state index in [2.05, 4.69) is 0 Å². The SMILES string of the molecule is O=C(O)[C@]12CCO[C@H]1CCOC2. The number of carbonyl (C=O) groups is 1. The number of ether oxygens (including phenoxy) is 2. The molecule has 2 saturated heterocycles. The third-order valence-electron chi connectivity index (χ3n) is 2.79. The van der Waals surface area contributed by atoms with E-state index in [9.17, 15) is 4.79 Å². The molecule has 0 bridgehead atoms. The summed E-state index contributed by atoms with van der Waals surface area (Å²) in [5, 5.41) is 9.04. The number of hydrogen-bond acceptors (Lipinski definition) is 3. The first-order valence-corrected chi connectivity index (χ1v) is 4.18. The predicted molar refractivity (Wildman–Crippen MR) is 39.9 cm³/mol. The van der Waals surface area contributed by atoms with Crippen LogP contribution in [0.4, 0.5) is 0 Å². The Balaban J connectivity index is 2.23. The summed E-state index contributed by atoms with van der Waals surface area (Å²) in [6.07, 6.45) is 1.18. The molecule has 0 aromatic carbocycles. The minimum Gasteiger partial charge on any atom is -0.481 e. The van der Waals surface area contributed by atoms with E-state index in [1.54, 1.807) is 0 Å². The van der Waals surface area contributed by atoms with Crippen LogP contribution in [0.1, 0.15) is 12.8 Å². The summed E-state index contributed by atoms with van der Waals surface area (Å²) in [6.45, 7) is 1.49. The molecular formula is C8H12O4. The molecule has 2 heterocycles. The van der Waals surface area contributed by atoms with Crippen LogP contribution in [0.15, 0.2) is 0 Å². The maximum atomic E-state index is 11.0. The zero-order valence-corrected chi connectivity index (χ0v) is 6.78. The summed E-state index contributed by atoms with van der Waals surface area (Å²) < 4.78 is 10.5. The van der Waals surface area contributed by atoms with Crippen molar-refractivity contribution in [3.05, 3.63) is 0 Å². The Bertz CT molecular complexity index is 203. The molecule has 0 spiro atoms. The highest BCUT2D eigenvalue weighted by atomic mass is 16.5. The number of aliphatic carboxylic acids is 1. The maximum absolute atomic E-state index is 11.0. The zero-order chi connectivity index (χ0) is 8.60. The standard InChI is InChI=1S/C8H12O4/c9-7(10)8-2-4-12-6(8)1-3-11-5-8/h6H,1-5H2,(H,9,10)/t6-,8-/m0/s1. The normalized spacial score (nSPS) is 40.8. The molecule has 1 N–H and O–H groups in total. The van der Waals surface area contributed by atoms with Gasteiger partial charge in [-0.15, -0.1) is 0 Å². The Morgan fingerprint density at radius 1 is 1.50 bits per heavy atom. The minimum absolute atomic E-state index is 0.122. The van der Waals surface area contributed by atoms with Crippen molar-refractivity contribution in [2.75, 3.05) is 19.8 Å². The minimum atomic E-state index is -0.773. The third-order valence-corrected chi connectivity index (χ3v) is 2.79. The Morgan fingerprint density at radius 2 is 2.33 bits per heavy atom. The van der Waals surface area contributed by atoms with Gasteiger partial charge in [-0.05, 0) is 12.8 Å². The van der Waals surface area contributed by atoms with E-state index in [4.69, 9.17) is 14.6 Å². The van der Waals surface area contributed by atoms with Crippen LogP contribution in [-0.2, 0) is 14.3 Å². The average molecular weight is 172 g/mol. The van der Waals surface area contributed by atoms with Crippen molar-refractivity contribution < 1.29 is 19.4 Å².